The predicted molar refractivity (Wildman–Crippen MR) is 66.9 cm³/mol. The number of halogens is 3. The Labute approximate surface area is 122 Å². The van der Waals surface area contributed by atoms with Crippen LogP contribution in [0.15, 0.2) is 28.8 Å². The van der Waals surface area contributed by atoms with E-state index in [0.29, 0.717) is 11.1 Å². The number of nitrogens with two attached hydrogens (primary N) is 1. The third kappa shape index (κ3) is 3.52. The molecule has 7 nitrogen and oxygen atoms in total. The van der Waals surface area contributed by atoms with E-state index in [-0.39, 0.29) is 12.4 Å². The summed E-state index contributed by atoms with van der Waals surface area (Å²) in [6, 6.07) is 5.38. The standard InChI is InChI=1S/C12H11F3N4O3/c1-21-19(11(16)20)6-7-2-4-8(5-3-7)9-17-10(22-18-9)12(13,14)15/h2-5H,6H2,1H3,(H2,16,20). The van der Waals surface area contributed by atoms with Crippen LogP contribution in [-0.4, -0.2) is 28.3 Å². The highest BCUT2D eigenvalue weighted by Gasteiger charge is 2.38. The molecule has 2 rings (SSSR count). The predicted octanol–water partition coefficient (Wildman–Crippen LogP) is 2.20. The lowest BCUT2D eigenvalue weighted by molar-refractivity contribution is -0.159. The first-order valence-electron chi connectivity index (χ1n) is 5.92. The van der Waals surface area contributed by atoms with Crippen molar-refractivity contribution < 1.29 is 27.3 Å². The summed E-state index contributed by atoms with van der Waals surface area (Å²) in [6.07, 6.45) is -4.69. The van der Waals surface area contributed by atoms with E-state index < -0.39 is 18.1 Å². The summed E-state index contributed by atoms with van der Waals surface area (Å²) in [4.78, 5) is 19.0. The third-order valence-corrected chi connectivity index (χ3v) is 2.67. The van der Waals surface area contributed by atoms with Crippen LogP contribution < -0.4 is 5.73 Å². The van der Waals surface area contributed by atoms with Crippen LogP contribution in [0.1, 0.15) is 11.5 Å². The average molecular weight is 316 g/mol. The van der Waals surface area contributed by atoms with Gasteiger partial charge in [0.25, 0.3) is 0 Å². The Hall–Kier alpha value is -2.62. The van der Waals surface area contributed by atoms with Gasteiger partial charge in [-0.25, -0.2) is 4.79 Å². The van der Waals surface area contributed by atoms with Gasteiger partial charge in [-0.3, -0.25) is 4.84 Å². The molecule has 0 atom stereocenters. The molecule has 2 aromatic rings. The van der Waals surface area contributed by atoms with Gasteiger partial charge in [0.2, 0.25) is 5.82 Å². The van der Waals surface area contributed by atoms with Gasteiger partial charge in [0.1, 0.15) is 0 Å². The van der Waals surface area contributed by atoms with Crippen molar-refractivity contribution >= 4 is 6.03 Å². The summed E-state index contributed by atoms with van der Waals surface area (Å²) >= 11 is 0. The molecule has 0 aliphatic heterocycles. The number of carbonyl (C=O) groups excluding carboxylic acids is 1. The van der Waals surface area contributed by atoms with Gasteiger partial charge >= 0.3 is 18.1 Å². The van der Waals surface area contributed by atoms with Crippen LogP contribution in [-0.2, 0) is 17.6 Å². The highest BCUT2D eigenvalue weighted by Crippen LogP contribution is 2.29. The first-order chi connectivity index (χ1) is 10.3. The van der Waals surface area contributed by atoms with E-state index in [9.17, 15) is 18.0 Å². The smallest absolute Gasteiger partial charge is 0.350 e. The largest absolute Gasteiger partial charge is 0.471 e. The number of primary amides is 1. The van der Waals surface area contributed by atoms with Gasteiger partial charge in [0.15, 0.2) is 0 Å². The molecule has 2 N–H and O–H groups in total. The second-order valence-corrected chi connectivity index (χ2v) is 4.18. The van der Waals surface area contributed by atoms with Gasteiger partial charge in [-0.15, -0.1) is 0 Å². The Kier molecular flexibility index (Phi) is 4.31. The second kappa shape index (κ2) is 6.02. The molecule has 10 heteroatoms. The first kappa shape index (κ1) is 15.8. The zero-order valence-electron chi connectivity index (χ0n) is 11.3. The molecule has 0 bridgehead atoms. The van der Waals surface area contributed by atoms with Crippen molar-refractivity contribution in [3.05, 3.63) is 35.7 Å². The molecule has 0 aliphatic rings. The molecule has 0 unspecified atom stereocenters. The quantitative estimate of drug-likeness (QED) is 0.873. The number of nitrogens with zero attached hydrogens (tertiary/aromatic N) is 3. The van der Waals surface area contributed by atoms with Crippen molar-refractivity contribution in [1.29, 1.82) is 0 Å². The van der Waals surface area contributed by atoms with E-state index >= 15 is 0 Å². The molecule has 1 aromatic heterocycles. The number of hydrogen-bond donors (Lipinski definition) is 1. The van der Waals surface area contributed by atoms with E-state index in [0.717, 1.165) is 5.06 Å². The number of amides is 2. The number of hydroxylamine groups is 2. The van der Waals surface area contributed by atoms with Crippen LogP contribution in [0.3, 0.4) is 0 Å². The molecular weight excluding hydrogens is 305 g/mol. The number of aromatic nitrogens is 2. The molecule has 22 heavy (non-hydrogen) atoms. The van der Waals surface area contributed by atoms with Crippen LogP contribution in [0.5, 0.6) is 0 Å². The van der Waals surface area contributed by atoms with Crippen LogP contribution in [0.25, 0.3) is 11.4 Å². The fraction of sp³-hybridized carbons (Fsp3) is 0.250. The highest BCUT2D eigenvalue weighted by molar-refractivity contribution is 5.70. The summed E-state index contributed by atoms with van der Waals surface area (Å²) in [5, 5.41) is 4.19. The van der Waals surface area contributed by atoms with Gasteiger partial charge in [-0.05, 0) is 5.56 Å². The molecule has 0 spiro atoms. The Bertz CT molecular complexity index is 654. The minimum atomic E-state index is -4.69. The van der Waals surface area contributed by atoms with Crippen LogP contribution in [0, 0.1) is 0 Å². The number of alkyl halides is 3. The zero-order valence-corrected chi connectivity index (χ0v) is 11.3. The normalized spacial score (nSPS) is 11.5. The maximum Gasteiger partial charge on any atom is 0.471 e. The molecule has 0 saturated carbocycles. The fourth-order valence-electron chi connectivity index (χ4n) is 1.61. The van der Waals surface area contributed by atoms with E-state index in [2.05, 4.69) is 14.7 Å². The Morgan fingerprint density at radius 3 is 2.45 bits per heavy atom. The Balaban J connectivity index is 2.15. The number of benzene rings is 1. The number of carbonyl (C=O) groups is 1. The van der Waals surface area contributed by atoms with Crippen molar-refractivity contribution in [2.24, 2.45) is 5.73 Å². The summed E-state index contributed by atoms with van der Waals surface area (Å²) in [5.41, 5.74) is 6.08. The highest BCUT2D eigenvalue weighted by atomic mass is 19.4. The maximum atomic E-state index is 12.4. The first-order valence-corrected chi connectivity index (χ1v) is 5.92. The van der Waals surface area contributed by atoms with E-state index in [1.807, 2.05) is 0 Å². The SMILES string of the molecule is CON(Cc1ccc(-c2noc(C(F)(F)F)n2)cc1)C(N)=O. The minimum Gasteiger partial charge on any atom is -0.350 e. The lowest BCUT2D eigenvalue weighted by Crippen LogP contribution is -2.34. The molecule has 118 valence electrons. The number of urea groups is 1. The van der Waals surface area contributed by atoms with Crippen molar-refractivity contribution in [3.63, 3.8) is 0 Å². The molecule has 0 fully saturated rings. The summed E-state index contributed by atoms with van der Waals surface area (Å²) in [5.74, 6) is -1.59. The lowest BCUT2D eigenvalue weighted by atomic mass is 10.1. The van der Waals surface area contributed by atoms with Crippen LogP contribution >= 0.6 is 0 Å². The van der Waals surface area contributed by atoms with Crippen LogP contribution in [0.2, 0.25) is 0 Å². The van der Waals surface area contributed by atoms with E-state index in [4.69, 9.17) is 10.6 Å². The molecule has 0 radical (unpaired) electrons. The van der Waals surface area contributed by atoms with Gasteiger partial charge in [0, 0.05) is 5.56 Å². The maximum absolute atomic E-state index is 12.4. The fourth-order valence-corrected chi connectivity index (χ4v) is 1.61. The van der Waals surface area contributed by atoms with E-state index in [1.54, 1.807) is 12.1 Å². The molecule has 1 heterocycles. The molecular formula is C12H11F3N4O3. The van der Waals surface area contributed by atoms with Crippen molar-refractivity contribution in [3.8, 4) is 11.4 Å². The van der Waals surface area contributed by atoms with Crippen molar-refractivity contribution in [2.75, 3.05) is 7.11 Å². The van der Waals surface area contributed by atoms with Gasteiger partial charge in [-0.1, -0.05) is 29.4 Å². The van der Waals surface area contributed by atoms with Crippen molar-refractivity contribution in [2.45, 2.75) is 12.7 Å². The minimum absolute atomic E-state index is 0.0894. The van der Waals surface area contributed by atoms with E-state index in [1.165, 1.54) is 19.2 Å². The number of rotatable bonds is 4. The summed E-state index contributed by atoms with van der Waals surface area (Å²) in [6.45, 7) is 0.0894. The summed E-state index contributed by atoms with van der Waals surface area (Å²) < 4.78 is 41.3. The molecule has 0 aliphatic carbocycles. The molecule has 1 aromatic carbocycles. The van der Waals surface area contributed by atoms with Crippen molar-refractivity contribution in [1.82, 2.24) is 15.2 Å². The monoisotopic (exact) mass is 316 g/mol. The zero-order chi connectivity index (χ0) is 16.3. The lowest BCUT2D eigenvalue weighted by Gasteiger charge is -2.16. The molecule has 0 saturated heterocycles. The second-order valence-electron chi connectivity index (χ2n) is 4.18. The third-order valence-electron chi connectivity index (χ3n) is 2.67. The summed E-state index contributed by atoms with van der Waals surface area (Å²) in [7, 11) is 1.29. The molecule has 2 amide bonds. The van der Waals surface area contributed by atoms with Gasteiger partial charge in [0.05, 0.1) is 13.7 Å². The average Bonchev–Trinajstić information content (AvgIpc) is 2.95. The topological polar surface area (TPSA) is 94.5 Å². The van der Waals surface area contributed by atoms with Gasteiger partial charge in [-0.2, -0.15) is 23.2 Å². The van der Waals surface area contributed by atoms with Gasteiger partial charge < -0.3 is 10.3 Å². The number of hydrogen-bond acceptors (Lipinski definition) is 5. The Morgan fingerprint density at radius 1 is 1.36 bits per heavy atom. The Morgan fingerprint density at radius 2 is 2.00 bits per heavy atom. The van der Waals surface area contributed by atoms with Crippen LogP contribution in [0.4, 0.5) is 18.0 Å².